The zero-order chi connectivity index (χ0) is 22.7. The van der Waals surface area contributed by atoms with E-state index in [9.17, 15) is 12.8 Å². The summed E-state index contributed by atoms with van der Waals surface area (Å²) in [4.78, 5) is 4.96. The molecule has 0 unspecified atom stereocenters. The molecule has 3 fully saturated rings. The molecular weight excluding hydrogens is 437 g/mol. The number of alkyl halides is 1. The van der Waals surface area contributed by atoms with Gasteiger partial charge in [0.1, 0.15) is 5.84 Å². The number of hydrogen-bond acceptors (Lipinski definition) is 4. The Bertz CT molecular complexity index is 1000. The Morgan fingerprint density at radius 1 is 1.29 bits per heavy atom. The lowest BCUT2D eigenvalue weighted by Gasteiger charge is -2.73. The zero-order valence-electron chi connectivity index (χ0n) is 18.4. The summed E-state index contributed by atoms with van der Waals surface area (Å²) >= 11 is 5.99. The molecule has 5 rings (SSSR count). The van der Waals surface area contributed by atoms with Crippen LogP contribution in [0.1, 0.15) is 52.0 Å². The van der Waals surface area contributed by atoms with Gasteiger partial charge in [0.2, 0.25) is 10.0 Å². The average Bonchev–Trinajstić information content (AvgIpc) is 2.94. The third-order valence-electron chi connectivity index (χ3n) is 7.03. The van der Waals surface area contributed by atoms with Gasteiger partial charge in [-0.1, -0.05) is 35.9 Å². The molecule has 0 amide bonds. The second-order valence-corrected chi connectivity index (χ2v) is 12.5. The number of nitrogens with one attached hydrogen (secondary N) is 1. The quantitative estimate of drug-likeness (QED) is 0.545. The Labute approximate surface area is 189 Å². The predicted molar refractivity (Wildman–Crippen MR) is 124 cm³/mol. The number of sulfonamides is 1. The second kappa shape index (κ2) is 7.56. The Morgan fingerprint density at radius 2 is 1.90 bits per heavy atom. The summed E-state index contributed by atoms with van der Waals surface area (Å²) in [6.07, 6.45) is 2.25. The van der Waals surface area contributed by atoms with E-state index in [1.165, 1.54) is 0 Å². The average molecular weight is 468 g/mol. The van der Waals surface area contributed by atoms with Gasteiger partial charge in [0.05, 0.1) is 24.0 Å². The summed E-state index contributed by atoms with van der Waals surface area (Å²) in [5, 5.41) is 4.18. The summed E-state index contributed by atoms with van der Waals surface area (Å²) in [5.41, 5.74) is 1.16. The standard InChI is InChI=1S/C23H31ClFN3O2S/c1-16(2)19-21(3,4)27-20(26-19)22-13-23(14-22,15-22)28(31(29,30)11-5-10-25)12-17-6-8-18(24)9-7-17/h6-9,19H,1,5,10-15H2,2-4H3,(H,26,27)/t19-,22?,23?/m0/s1. The van der Waals surface area contributed by atoms with Gasteiger partial charge in [0.25, 0.3) is 0 Å². The van der Waals surface area contributed by atoms with Crippen molar-refractivity contribution in [2.75, 3.05) is 12.4 Å². The van der Waals surface area contributed by atoms with Crippen LogP contribution in [0, 0.1) is 5.41 Å². The predicted octanol–water partition coefficient (Wildman–Crippen LogP) is 4.48. The smallest absolute Gasteiger partial charge is 0.215 e. The van der Waals surface area contributed by atoms with Gasteiger partial charge in [-0.05, 0) is 64.2 Å². The van der Waals surface area contributed by atoms with E-state index >= 15 is 0 Å². The molecule has 8 heteroatoms. The number of aliphatic imine (C=N–C) groups is 1. The number of amidine groups is 1. The Hall–Kier alpha value is -1.44. The molecule has 0 spiro atoms. The highest BCUT2D eigenvalue weighted by atomic mass is 35.5. The van der Waals surface area contributed by atoms with Crippen molar-refractivity contribution in [3.05, 3.63) is 47.0 Å². The van der Waals surface area contributed by atoms with Crippen molar-refractivity contribution >= 4 is 27.5 Å². The second-order valence-electron chi connectivity index (χ2n) is 10.1. The number of nitrogens with zero attached hydrogens (tertiary/aromatic N) is 2. The molecule has 0 saturated heterocycles. The van der Waals surface area contributed by atoms with Crippen LogP contribution in [-0.2, 0) is 16.6 Å². The van der Waals surface area contributed by atoms with Crippen molar-refractivity contribution in [3.63, 3.8) is 0 Å². The summed E-state index contributed by atoms with van der Waals surface area (Å²) < 4.78 is 40.7. The maximum Gasteiger partial charge on any atom is 0.215 e. The van der Waals surface area contributed by atoms with Crippen LogP contribution < -0.4 is 5.32 Å². The number of benzene rings is 1. The highest BCUT2D eigenvalue weighted by Gasteiger charge is 2.74. The van der Waals surface area contributed by atoms with E-state index in [2.05, 4.69) is 25.7 Å². The van der Waals surface area contributed by atoms with Gasteiger partial charge in [-0.15, -0.1) is 0 Å². The van der Waals surface area contributed by atoms with Gasteiger partial charge in [-0.3, -0.25) is 9.38 Å². The molecular formula is C23H31ClFN3O2S. The highest BCUT2D eigenvalue weighted by molar-refractivity contribution is 7.89. The van der Waals surface area contributed by atoms with Crippen molar-refractivity contribution in [1.82, 2.24) is 9.62 Å². The monoisotopic (exact) mass is 467 g/mol. The SMILES string of the molecule is C=C(C)[C@@H]1NC(C23CC(N(Cc4ccc(Cl)cc4)S(=O)(=O)CCCF)(C2)C3)=NC1(C)C. The fraction of sp³-hybridized carbons (Fsp3) is 0.609. The molecule has 1 aromatic rings. The summed E-state index contributed by atoms with van der Waals surface area (Å²) in [5.74, 6) is 0.815. The maximum atomic E-state index is 13.2. The molecule has 31 heavy (non-hydrogen) atoms. The van der Waals surface area contributed by atoms with Crippen LogP contribution >= 0.6 is 11.6 Å². The fourth-order valence-corrected chi connectivity index (χ4v) is 7.56. The molecule has 3 saturated carbocycles. The van der Waals surface area contributed by atoms with Crippen molar-refractivity contribution < 1.29 is 12.8 Å². The van der Waals surface area contributed by atoms with Gasteiger partial charge in [0, 0.05) is 22.5 Å². The van der Waals surface area contributed by atoms with Crippen LogP contribution in [0.25, 0.3) is 0 Å². The first-order valence-corrected chi connectivity index (χ1v) is 12.8. The van der Waals surface area contributed by atoms with Crippen LogP contribution in [-0.4, -0.2) is 48.1 Å². The Balaban J connectivity index is 1.55. The van der Waals surface area contributed by atoms with Crippen molar-refractivity contribution in [2.45, 2.75) is 70.1 Å². The normalized spacial score (nSPS) is 30.9. The first-order chi connectivity index (χ1) is 14.4. The van der Waals surface area contributed by atoms with Crippen LogP contribution in [0.2, 0.25) is 5.02 Å². The number of halogens is 2. The first-order valence-electron chi connectivity index (χ1n) is 10.8. The molecule has 3 aliphatic carbocycles. The van der Waals surface area contributed by atoms with Crippen LogP contribution in [0.5, 0.6) is 0 Å². The molecule has 4 aliphatic rings. The molecule has 1 N–H and O–H groups in total. The molecule has 0 aromatic heterocycles. The third kappa shape index (κ3) is 3.83. The molecule has 0 radical (unpaired) electrons. The van der Waals surface area contributed by atoms with Crippen LogP contribution in [0.4, 0.5) is 4.39 Å². The van der Waals surface area contributed by atoms with Crippen LogP contribution in [0.3, 0.4) is 0 Å². The molecule has 1 aromatic carbocycles. The lowest BCUT2D eigenvalue weighted by Crippen LogP contribution is -2.78. The molecule has 1 atom stereocenters. The Morgan fingerprint density at radius 3 is 2.42 bits per heavy atom. The summed E-state index contributed by atoms with van der Waals surface area (Å²) in [6, 6.07) is 7.33. The van der Waals surface area contributed by atoms with Crippen molar-refractivity contribution in [3.8, 4) is 0 Å². The highest BCUT2D eigenvalue weighted by Crippen LogP contribution is 2.71. The minimum absolute atomic E-state index is 0.0173. The van der Waals surface area contributed by atoms with E-state index in [1.54, 1.807) is 16.4 Å². The fourth-order valence-electron chi connectivity index (χ4n) is 5.61. The molecule has 5 nitrogen and oxygen atoms in total. The maximum absolute atomic E-state index is 13.2. The molecule has 170 valence electrons. The third-order valence-corrected chi connectivity index (χ3v) is 9.27. The van der Waals surface area contributed by atoms with Gasteiger partial charge < -0.3 is 5.32 Å². The summed E-state index contributed by atoms with van der Waals surface area (Å²) in [6.45, 7) is 9.95. The van der Waals surface area contributed by atoms with E-state index in [-0.39, 0.29) is 35.7 Å². The number of rotatable bonds is 9. The minimum atomic E-state index is -3.58. The lowest BCUT2D eigenvalue weighted by molar-refractivity contribution is -0.150. The van der Waals surface area contributed by atoms with Crippen molar-refractivity contribution in [2.24, 2.45) is 10.4 Å². The van der Waals surface area contributed by atoms with E-state index in [0.29, 0.717) is 5.02 Å². The lowest BCUT2D eigenvalue weighted by atomic mass is 9.38. The van der Waals surface area contributed by atoms with E-state index < -0.39 is 22.2 Å². The van der Waals surface area contributed by atoms with E-state index in [4.69, 9.17) is 16.6 Å². The van der Waals surface area contributed by atoms with Crippen molar-refractivity contribution in [1.29, 1.82) is 0 Å². The van der Waals surface area contributed by atoms with E-state index in [1.807, 2.05) is 19.1 Å². The van der Waals surface area contributed by atoms with Gasteiger partial charge in [0.15, 0.2) is 0 Å². The number of hydrogen-bond donors (Lipinski definition) is 1. The van der Waals surface area contributed by atoms with Gasteiger partial charge in [-0.25, -0.2) is 8.42 Å². The first kappa shape index (κ1) is 22.7. The summed E-state index contributed by atoms with van der Waals surface area (Å²) in [7, 11) is -3.58. The topological polar surface area (TPSA) is 61.8 Å². The molecule has 1 aliphatic heterocycles. The van der Waals surface area contributed by atoms with E-state index in [0.717, 1.165) is 36.2 Å². The largest absolute Gasteiger partial charge is 0.364 e. The molecule has 1 heterocycles. The van der Waals surface area contributed by atoms with Gasteiger partial charge in [-0.2, -0.15) is 4.31 Å². The Kier molecular flexibility index (Phi) is 5.55. The van der Waals surface area contributed by atoms with Crippen LogP contribution in [0.15, 0.2) is 41.4 Å². The zero-order valence-corrected chi connectivity index (χ0v) is 20.0. The minimum Gasteiger partial charge on any atom is -0.364 e. The van der Waals surface area contributed by atoms with Gasteiger partial charge >= 0.3 is 0 Å². The molecule has 2 bridgehead atoms.